The Balaban J connectivity index is 0.00000242. The van der Waals surface area contributed by atoms with Crippen LogP contribution in [0.4, 0.5) is 13.2 Å². The van der Waals surface area contributed by atoms with Crippen LogP contribution in [-0.4, -0.2) is 37.3 Å². The van der Waals surface area contributed by atoms with E-state index < -0.39 is 12.6 Å². The van der Waals surface area contributed by atoms with Crippen molar-refractivity contribution in [1.82, 2.24) is 10.2 Å². The van der Waals surface area contributed by atoms with Gasteiger partial charge >= 0.3 is 6.18 Å². The predicted octanol–water partition coefficient (Wildman–Crippen LogP) is 4.92. The lowest BCUT2D eigenvalue weighted by Crippen LogP contribution is -2.45. The summed E-state index contributed by atoms with van der Waals surface area (Å²) in [6, 6.07) is 5.51. The number of hydrogen-bond donors (Lipinski definition) is 1. The molecule has 0 spiro atoms. The van der Waals surface area contributed by atoms with Crippen molar-refractivity contribution < 1.29 is 13.2 Å². The number of rotatable bonds is 4. The standard InChI is InChI=1S/C14H17Br2F3N2.ClH/c15-11-7-10(8-12(16)9-11)13(1-2-14(17,18)19)21-5-3-20-4-6-21;/h7-9,13,20H,1-6H2;1H/t13-;/m0./s1. The number of alkyl halides is 3. The first-order valence-electron chi connectivity index (χ1n) is 6.83. The van der Waals surface area contributed by atoms with Gasteiger partial charge in [-0.25, -0.2) is 0 Å². The number of piperazine rings is 1. The van der Waals surface area contributed by atoms with Crippen LogP contribution in [0.1, 0.15) is 24.4 Å². The fraction of sp³-hybridized carbons (Fsp3) is 0.571. The van der Waals surface area contributed by atoms with Gasteiger partial charge < -0.3 is 5.32 Å². The van der Waals surface area contributed by atoms with Crippen molar-refractivity contribution in [3.8, 4) is 0 Å². The molecular weight excluding hydrogens is 448 g/mol. The molecule has 1 heterocycles. The van der Waals surface area contributed by atoms with Crippen molar-refractivity contribution in [3.63, 3.8) is 0 Å². The molecule has 0 amide bonds. The summed E-state index contributed by atoms with van der Waals surface area (Å²) in [5, 5.41) is 3.23. The summed E-state index contributed by atoms with van der Waals surface area (Å²) in [7, 11) is 0. The topological polar surface area (TPSA) is 15.3 Å². The second-order valence-corrected chi connectivity index (χ2v) is 6.99. The lowest BCUT2D eigenvalue weighted by Gasteiger charge is -2.35. The number of halogens is 6. The molecule has 1 aromatic carbocycles. The predicted molar refractivity (Wildman–Crippen MR) is 91.6 cm³/mol. The Kier molecular flexibility index (Phi) is 8.16. The third kappa shape index (κ3) is 6.35. The molecule has 1 saturated heterocycles. The van der Waals surface area contributed by atoms with E-state index in [1.54, 1.807) is 0 Å². The van der Waals surface area contributed by atoms with Crippen LogP contribution in [0.25, 0.3) is 0 Å². The molecule has 22 heavy (non-hydrogen) atoms. The minimum atomic E-state index is -4.12. The molecule has 2 nitrogen and oxygen atoms in total. The SMILES string of the molecule is Cl.FC(F)(F)CC[C@@H](c1cc(Br)cc(Br)c1)N1CCNCC1. The average molecular weight is 467 g/mol. The zero-order valence-electron chi connectivity index (χ0n) is 11.8. The number of hydrogen-bond acceptors (Lipinski definition) is 2. The molecule has 0 bridgehead atoms. The Hall–Kier alpha value is 0.180. The first-order chi connectivity index (χ1) is 9.85. The molecule has 0 unspecified atom stereocenters. The molecule has 8 heteroatoms. The summed E-state index contributed by atoms with van der Waals surface area (Å²) < 4.78 is 39.6. The largest absolute Gasteiger partial charge is 0.389 e. The molecule has 1 aliphatic heterocycles. The van der Waals surface area contributed by atoms with Gasteiger partial charge in [-0.15, -0.1) is 12.4 Å². The van der Waals surface area contributed by atoms with Crippen molar-refractivity contribution >= 4 is 44.3 Å². The summed E-state index contributed by atoms with van der Waals surface area (Å²) in [6.07, 6.45) is -4.78. The Labute approximate surface area is 151 Å². The fourth-order valence-corrected chi connectivity index (χ4v) is 3.95. The van der Waals surface area contributed by atoms with Gasteiger partial charge in [0.15, 0.2) is 0 Å². The Bertz CT molecular complexity index is 459. The van der Waals surface area contributed by atoms with E-state index in [1.807, 2.05) is 18.2 Å². The molecule has 2 rings (SSSR count). The first-order valence-corrected chi connectivity index (χ1v) is 8.41. The summed E-state index contributed by atoms with van der Waals surface area (Å²) in [4.78, 5) is 2.14. The van der Waals surface area contributed by atoms with Crippen LogP contribution < -0.4 is 5.32 Å². The second-order valence-electron chi connectivity index (χ2n) is 5.16. The molecule has 0 aliphatic carbocycles. The van der Waals surface area contributed by atoms with Gasteiger partial charge in [-0.2, -0.15) is 13.2 Å². The number of nitrogens with one attached hydrogen (secondary N) is 1. The first kappa shape index (κ1) is 20.2. The van der Waals surface area contributed by atoms with Gasteiger partial charge in [-0.3, -0.25) is 4.90 Å². The molecule has 1 fully saturated rings. The van der Waals surface area contributed by atoms with E-state index in [4.69, 9.17) is 0 Å². The lowest BCUT2D eigenvalue weighted by molar-refractivity contribution is -0.138. The van der Waals surface area contributed by atoms with Crippen molar-refractivity contribution in [3.05, 3.63) is 32.7 Å². The van der Waals surface area contributed by atoms with Gasteiger partial charge in [0, 0.05) is 47.6 Å². The van der Waals surface area contributed by atoms with Crippen molar-refractivity contribution in [1.29, 1.82) is 0 Å². The molecule has 0 radical (unpaired) electrons. The van der Waals surface area contributed by atoms with E-state index in [0.29, 0.717) is 0 Å². The van der Waals surface area contributed by atoms with Crippen LogP contribution in [0.2, 0.25) is 0 Å². The molecular formula is C14H18Br2ClF3N2. The molecule has 1 atom stereocenters. The van der Waals surface area contributed by atoms with E-state index in [9.17, 15) is 13.2 Å². The van der Waals surface area contributed by atoms with E-state index in [-0.39, 0.29) is 24.9 Å². The van der Waals surface area contributed by atoms with Gasteiger partial charge in [0.2, 0.25) is 0 Å². The molecule has 0 saturated carbocycles. The maximum atomic E-state index is 12.6. The van der Waals surface area contributed by atoms with Crippen molar-refractivity contribution in [2.75, 3.05) is 26.2 Å². The van der Waals surface area contributed by atoms with Gasteiger partial charge in [-0.05, 0) is 30.2 Å². The number of nitrogens with zero attached hydrogens (tertiary/aromatic N) is 1. The molecule has 0 aromatic heterocycles. The summed E-state index contributed by atoms with van der Waals surface area (Å²) in [6.45, 7) is 3.18. The van der Waals surface area contributed by atoms with Crippen LogP contribution in [0, 0.1) is 0 Å². The summed E-state index contributed by atoms with van der Waals surface area (Å²) in [5.74, 6) is 0. The average Bonchev–Trinajstić information content (AvgIpc) is 2.37. The van der Waals surface area contributed by atoms with E-state index in [2.05, 4.69) is 42.1 Å². The lowest BCUT2D eigenvalue weighted by atomic mass is 9.99. The van der Waals surface area contributed by atoms with Crippen LogP contribution in [0.15, 0.2) is 27.1 Å². The van der Waals surface area contributed by atoms with Gasteiger partial charge in [0.05, 0.1) is 0 Å². The minimum absolute atomic E-state index is 0. The minimum Gasteiger partial charge on any atom is -0.314 e. The van der Waals surface area contributed by atoms with Crippen LogP contribution >= 0.6 is 44.3 Å². The van der Waals surface area contributed by atoms with Gasteiger partial charge in [-0.1, -0.05) is 31.9 Å². The maximum Gasteiger partial charge on any atom is 0.389 e. The van der Waals surface area contributed by atoms with Gasteiger partial charge in [0.25, 0.3) is 0 Å². The molecule has 126 valence electrons. The zero-order valence-corrected chi connectivity index (χ0v) is 15.8. The Morgan fingerprint density at radius 2 is 1.64 bits per heavy atom. The maximum absolute atomic E-state index is 12.6. The molecule has 1 N–H and O–H groups in total. The third-order valence-electron chi connectivity index (χ3n) is 3.56. The highest BCUT2D eigenvalue weighted by molar-refractivity contribution is 9.11. The zero-order chi connectivity index (χ0) is 15.5. The normalized spacial score (nSPS) is 17.9. The van der Waals surface area contributed by atoms with Crippen LogP contribution in [-0.2, 0) is 0 Å². The highest BCUT2D eigenvalue weighted by Crippen LogP contribution is 2.34. The monoisotopic (exact) mass is 464 g/mol. The third-order valence-corrected chi connectivity index (χ3v) is 4.48. The van der Waals surface area contributed by atoms with Gasteiger partial charge in [0.1, 0.15) is 0 Å². The Morgan fingerprint density at radius 3 is 2.14 bits per heavy atom. The highest BCUT2D eigenvalue weighted by atomic mass is 79.9. The number of benzene rings is 1. The highest BCUT2D eigenvalue weighted by Gasteiger charge is 2.31. The van der Waals surface area contributed by atoms with E-state index in [1.165, 1.54) is 0 Å². The summed E-state index contributed by atoms with van der Waals surface area (Å²) >= 11 is 6.83. The molecule has 1 aromatic rings. The Morgan fingerprint density at radius 1 is 1.09 bits per heavy atom. The summed E-state index contributed by atoms with van der Waals surface area (Å²) in [5.41, 5.74) is 0.919. The van der Waals surface area contributed by atoms with E-state index >= 15 is 0 Å². The van der Waals surface area contributed by atoms with Crippen molar-refractivity contribution in [2.45, 2.75) is 25.1 Å². The quantitative estimate of drug-likeness (QED) is 0.678. The molecule has 1 aliphatic rings. The van der Waals surface area contributed by atoms with Crippen LogP contribution in [0.5, 0.6) is 0 Å². The smallest absolute Gasteiger partial charge is 0.314 e. The van der Waals surface area contributed by atoms with Crippen molar-refractivity contribution in [2.24, 2.45) is 0 Å². The van der Waals surface area contributed by atoms with E-state index in [0.717, 1.165) is 40.7 Å². The van der Waals surface area contributed by atoms with Crippen LogP contribution in [0.3, 0.4) is 0 Å². The second kappa shape index (κ2) is 8.87. The fourth-order valence-electron chi connectivity index (χ4n) is 2.62.